The van der Waals surface area contributed by atoms with Gasteiger partial charge in [0.15, 0.2) is 0 Å². The molecule has 0 radical (unpaired) electrons. The van der Waals surface area contributed by atoms with Crippen molar-refractivity contribution in [1.29, 1.82) is 0 Å². The topological polar surface area (TPSA) is 20.2 Å². The largest absolute Gasteiger partial charge is 0.395 e. The number of aliphatic hydroxyl groups excluding tert-OH is 1. The van der Waals surface area contributed by atoms with Crippen LogP contribution in [0.2, 0.25) is 0 Å². The summed E-state index contributed by atoms with van der Waals surface area (Å²) < 4.78 is 0. The number of hydrogen-bond acceptors (Lipinski definition) is 1. The molecule has 0 unspecified atom stereocenters. The summed E-state index contributed by atoms with van der Waals surface area (Å²) in [6, 6.07) is 0. The van der Waals surface area contributed by atoms with E-state index in [0.29, 0.717) is 12.0 Å². The van der Waals surface area contributed by atoms with Crippen LogP contribution < -0.4 is 0 Å². The molecule has 0 aromatic carbocycles. The van der Waals surface area contributed by atoms with E-state index in [-0.39, 0.29) is 5.41 Å². The van der Waals surface area contributed by atoms with Gasteiger partial charge in [0.05, 0.1) is 6.61 Å². The van der Waals surface area contributed by atoms with Crippen LogP contribution in [0.25, 0.3) is 0 Å². The average Bonchev–Trinajstić information content (AvgIpc) is 2.88. The predicted octanol–water partition coefficient (Wildman–Crippen LogP) is 4.70. The Morgan fingerprint density at radius 2 is 2.00 bits per heavy atom. The fourth-order valence-corrected chi connectivity index (χ4v) is 6.77. The zero-order valence-electron chi connectivity index (χ0n) is 13.0. The van der Waals surface area contributed by atoms with Gasteiger partial charge >= 0.3 is 0 Å². The van der Waals surface area contributed by atoms with E-state index in [9.17, 15) is 5.11 Å². The lowest BCUT2D eigenvalue weighted by atomic mass is 9.48. The van der Waals surface area contributed by atoms with Crippen LogP contribution in [-0.4, -0.2) is 11.7 Å². The molecule has 1 heteroatoms. The van der Waals surface area contributed by atoms with Crippen LogP contribution in [0.1, 0.15) is 71.1 Å². The molecule has 3 saturated carbocycles. The minimum atomic E-state index is 0.199. The smallest absolute Gasteiger partial charge is 0.0527 e. The maximum absolute atomic E-state index is 10.3. The van der Waals surface area contributed by atoms with Crippen molar-refractivity contribution in [2.24, 2.45) is 28.6 Å². The molecule has 0 aromatic rings. The summed E-state index contributed by atoms with van der Waals surface area (Å²) in [6.45, 7) is 2.98. The third-order valence-electron chi connectivity index (χ3n) is 7.81. The van der Waals surface area contributed by atoms with Crippen molar-refractivity contribution >= 4 is 0 Å². The molecule has 0 spiro atoms. The van der Waals surface area contributed by atoms with Gasteiger partial charge in [0, 0.05) is 5.41 Å². The third kappa shape index (κ3) is 1.65. The molecule has 20 heavy (non-hydrogen) atoms. The molecule has 5 atom stereocenters. The maximum atomic E-state index is 10.3. The van der Waals surface area contributed by atoms with Gasteiger partial charge in [-0.1, -0.05) is 31.4 Å². The standard InChI is InChI=1S/C19H30O/c1-18-10-4-6-16(18)15-8-7-14-5-2-3-11-19(14,13-20)17(15)9-12-18/h7,15-17,20H,2-6,8-13H2,1H3/t15-,16-,17-,18-,19+/m0/s1. The Bertz CT molecular complexity index is 425. The van der Waals surface area contributed by atoms with Crippen molar-refractivity contribution in [3.05, 3.63) is 11.6 Å². The molecule has 4 aliphatic rings. The van der Waals surface area contributed by atoms with E-state index < -0.39 is 0 Å². The highest BCUT2D eigenvalue weighted by Crippen LogP contribution is 2.64. The molecule has 4 aliphatic carbocycles. The van der Waals surface area contributed by atoms with Gasteiger partial charge in [0.1, 0.15) is 0 Å². The van der Waals surface area contributed by atoms with Crippen molar-refractivity contribution in [3.63, 3.8) is 0 Å². The summed E-state index contributed by atoms with van der Waals surface area (Å²) in [5, 5.41) is 10.3. The molecule has 0 bridgehead atoms. The summed E-state index contributed by atoms with van der Waals surface area (Å²) >= 11 is 0. The molecule has 4 rings (SSSR count). The fraction of sp³-hybridized carbons (Fsp3) is 0.895. The van der Waals surface area contributed by atoms with Crippen molar-refractivity contribution < 1.29 is 5.11 Å². The summed E-state index contributed by atoms with van der Waals surface area (Å²) in [4.78, 5) is 0. The van der Waals surface area contributed by atoms with Crippen LogP contribution >= 0.6 is 0 Å². The van der Waals surface area contributed by atoms with Gasteiger partial charge in [-0.25, -0.2) is 0 Å². The zero-order valence-corrected chi connectivity index (χ0v) is 13.0. The first-order valence-electron chi connectivity index (χ1n) is 9.00. The third-order valence-corrected chi connectivity index (χ3v) is 7.81. The second-order valence-corrected chi connectivity index (χ2v) is 8.45. The molecule has 0 heterocycles. The second kappa shape index (κ2) is 4.60. The van der Waals surface area contributed by atoms with Gasteiger partial charge in [-0.3, -0.25) is 0 Å². The van der Waals surface area contributed by atoms with Crippen LogP contribution in [0.5, 0.6) is 0 Å². The van der Waals surface area contributed by atoms with Crippen LogP contribution in [0.15, 0.2) is 11.6 Å². The van der Waals surface area contributed by atoms with Gasteiger partial charge < -0.3 is 5.11 Å². The molecule has 112 valence electrons. The summed E-state index contributed by atoms with van der Waals surface area (Å²) in [7, 11) is 0. The molecule has 0 aromatic heterocycles. The van der Waals surface area contributed by atoms with Gasteiger partial charge in [0.25, 0.3) is 0 Å². The number of aliphatic hydroxyl groups is 1. The van der Waals surface area contributed by atoms with E-state index in [1.807, 2.05) is 0 Å². The molecule has 0 amide bonds. The summed E-state index contributed by atoms with van der Waals surface area (Å²) in [6.07, 6.45) is 16.3. The normalized spacial score (nSPS) is 50.9. The Kier molecular flexibility index (Phi) is 3.07. The Hall–Kier alpha value is -0.300. The maximum Gasteiger partial charge on any atom is 0.0527 e. The SMILES string of the molecule is C[C@@]12CCC[C@H]1[C@@H]1CC=C3CCCC[C@]3(CO)[C@H]1CC2. The van der Waals surface area contributed by atoms with E-state index in [4.69, 9.17) is 0 Å². The average molecular weight is 274 g/mol. The van der Waals surface area contributed by atoms with Crippen LogP contribution in [0.3, 0.4) is 0 Å². The van der Waals surface area contributed by atoms with Crippen LogP contribution in [-0.2, 0) is 0 Å². The fourth-order valence-electron chi connectivity index (χ4n) is 6.77. The Morgan fingerprint density at radius 1 is 1.10 bits per heavy atom. The van der Waals surface area contributed by atoms with E-state index in [0.717, 1.165) is 17.8 Å². The van der Waals surface area contributed by atoms with Crippen molar-refractivity contribution in [2.45, 2.75) is 71.1 Å². The molecular weight excluding hydrogens is 244 g/mol. The second-order valence-electron chi connectivity index (χ2n) is 8.45. The van der Waals surface area contributed by atoms with Crippen molar-refractivity contribution in [2.75, 3.05) is 6.61 Å². The minimum absolute atomic E-state index is 0.199. The molecule has 0 aliphatic heterocycles. The highest BCUT2D eigenvalue weighted by Gasteiger charge is 2.56. The molecule has 1 nitrogen and oxygen atoms in total. The first-order chi connectivity index (χ1) is 9.70. The minimum Gasteiger partial charge on any atom is -0.395 e. The molecular formula is C19H30O. The lowest BCUT2D eigenvalue weighted by molar-refractivity contribution is -0.0540. The zero-order chi connectivity index (χ0) is 13.8. The molecule has 1 N–H and O–H groups in total. The summed E-state index contributed by atoms with van der Waals surface area (Å²) in [5.41, 5.74) is 2.48. The quantitative estimate of drug-likeness (QED) is 0.687. The van der Waals surface area contributed by atoms with Gasteiger partial charge in [-0.2, -0.15) is 0 Å². The van der Waals surface area contributed by atoms with E-state index in [1.54, 1.807) is 5.57 Å². The summed E-state index contributed by atoms with van der Waals surface area (Å²) in [5.74, 6) is 2.62. The first-order valence-corrected chi connectivity index (χ1v) is 9.00. The Morgan fingerprint density at radius 3 is 2.85 bits per heavy atom. The Labute approximate surface area is 123 Å². The monoisotopic (exact) mass is 274 g/mol. The highest BCUT2D eigenvalue weighted by molar-refractivity contribution is 5.25. The lowest BCUT2D eigenvalue weighted by Gasteiger charge is -2.57. The molecule has 0 saturated heterocycles. The Balaban J connectivity index is 1.72. The van der Waals surface area contributed by atoms with Crippen LogP contribution in [0, 0.1) is 28.6 Å². The van der Waals surface area contributed by atoms with Crippen LogP contribution in [0.4, 0.5) is 0 Å². The van der Waals surface area contributed by atoms with Crippen molar-refractivity contribution in [1.82, 2.24) is 0 Å². The van der Waals surface area contributed by atoms with Gasteiger partial charge in [0.2, 0.25) is 0 Å². The molecule has 3 fully saturated rings. The number of hydrogen-bond donors (Lipinski definition) is 1. The highest BCUT2D eigenvalue weighted by atomic mass is 16.3. The first kappa shape index (κ1) is 13.4. The van der Waals surface area contributed by atoms with Crippen molar-refractivity contribution in [3.8, 4) is 0 Å². The van der Waals surface area contributed by atoms with Gasteiger partial charge in [-0.05, 0) is 74.5 Å². The van der Waals surface area contributed by atoms with E-state index >= 15 is 0 Å². The van der Waals surface area contributed by atoms with E-state index in [1.165, 1.54) is 64.2 Å². The predicted molar refractivity (Wildman–Crippen MR) is 82.3 cm³/mol. The number of allylic oxidation sites excluding steroid dienone is 1. The van der Waals surface area contributed by atoms with Gasteiger partial charge in [-0.15, -0.1) is 0 Å². The lowest BCUT2D eigenvalue weighted by Crippen LogP contribution is -2.50. The number of rotatable bonds is 1. The number of fused-ring (bicyclic) bond motifs is 5. The van der Waals surface area contributed by atoms with E-state index in [2.05, 4.69) is 13.0 Å².